The molecule has 3 N–H and O–H groups in total. The molecule has 2 aromatic carbocycles. The minimum absolute atomic E-state index is 0.0289. The molecule has 0 radical (unpaired) electrons. The first-order chi connectivity index (χ1) is 14.6. The van der Waals surface area contributed by atoms with Crippen molar-refractivity contribution in [2.24, 2.45) is 5.73 Å². The Labute approximate surface area is 181 Å². The van der Waals surface area contributed by atoms with Crippen molar-refractivity contribution in [1.29, 1.82) is 0 Å². The second-order valence-corrected chi connectivity index (χ2v) is 8.98. The van der Waals surface area contributed by atoms with Crippen molar-refractivity contribution < 1.29 is 9.53 Å². The van der Waals surface area contributed by atoms with Gasteiger partial charge in [0.05, 0.1) is 10.4 Å². The van der Waals surface area contributed by atoms with E-state index < -0.39 is 6.09 Å². The summed E-state index contributed by atoms with van der Waals surface area (Å²) in [5.41, 5.74) is 10.7. The highest BCUT2D eigenvalue weighted by Crippen LogP contribution is 2.52. The molecule has 0 bridgehead atoms. The lowest BCUT2D eigenvalue weighted by Crippen LogP contribution is -2.38. The van der Waals surface area contributed by atoms with Crippen LogP contribution in [0.25, 0.3) is 0 Å². The molecular formula is C24H27N3O2S. The lowest BCUT2D eigenvalue weighted by atomic mass is 9.96. The van der Waals surface area contributed by atoms with E-state index in [4.69, 9.17) is 10.5 Å². The van der Waals surface area contributed by atoms with Gasteiger partial charge in [0.1, 0.15) is 6.61 Å². The molecule has 1 fully saturated rings. The first kappa shape index (κ1) is 20.6. The van der Waals surface area contributed by atoms with Crippen LogP contribution in [0.1, 0.15) is 41.2 Å². The SMILES string of the molecule is NC1(CC[C@@H](Cc2ccccc2)NC(=O)OCc2cncs2)CC1c1ccccc1. The van der Waals surface area contributed by atoms with Crippen LogP contribution in [0.15, 0.2) is 72.4 Å². The molecule has 1 aliphatic rings. The molecule has 1 saturated carbocycles. The molecule has 1 aromatic heterocycles. The highest BCUT2D eigenvalue weighted by atomic mass is 32.1. The van der Waals surface area contributed by atoms with Crippen LogP contribution < -0.4 is 11.1 Å². The molecule has 1 aliphatic carbocycles. The van der Waals surface area contributed by atoms with Crippen molar-refractivity contribution in [3.05, 3.63) is 88.4 Å². The first-order valence-corrected chi connectivity index (χ1v) is 11.2. The number of hydrogen-bond acceptors (Lipinski definition) is 5. The Morgan fingerprint density at radius 2 is 1.93 bits per heavy atom. The number of carbonyl (C=O) groups is 1. The van der Waals surface area contributed by atoms with Crippen molar-refractivity contribution >= 4 is 17.4 Å². The van der Waals surface area contributed by atoms with Crippen LogP contribution in [-0.2, 0) is 17.8 Å². The average Bonchev–Trinajstić information content (AvgIpc) is 3.18. The molecule has 5 nitrogen and oxygen atoms in total. The van der Waals surface area contributed by atoms with E-state index >= 15 is 0 Å². The molecule has 0 aliphatic heterocycles. The van der Waals surface area contributed by atoms with Crippen LogP contribution in [0.2, 0.25) is 0 Å². The third-order valence-corrected chi connectivity index (χ3v) is 6.51. The van der Waals surface area contributed by atoms with E-state index in [9.17, 15) is 4.79 Å². The molecule has 1 heterocycles. The Morgan fingerprint density at radius 1 is 1.20 bits per heavy atom. The molecule has 30 heavy (non-hydrogen) atoms. The number of benzene rings is 2. The van der Waals surface area contributed by atoms with Gasteiger partial charge in [-0.05, 0) is 36.8 Å². The van der Waals surface area contributed by atoms with Crippen molar-refractivity contribution in [2.75, 3.05) is 0 Å². The Balaban J connectivity index is 1.34. The summed E-state index contributed by atoms with van der Waals surface area (Å²) in [6.07, 6.45) is 4.73. The van der Waals surface area contributed by atoms with E-state index in [1.807, 2.05) is 24.3 Å². The summed E-state index contributed by atoms with van der Waals surface area (Å²) in [6.45, 7) is 0.242. The van der Waals surface area contributed by atoms with Gasteiger partial charge in [-0.15, -0.1) is 11.3 Å². The Kier molecular flexibility index (Phi) is 6.45. The van der Waals surface area contributed by atoms with E-state index in [-0.39, 0.29) is 18.2 Å². The Morgan fingerprint density at radius 3 is 2.63 bits per heavy atom. The predicted molar refractivity (Wildman–Crippen MR) is 119 cm³/mol. The molecule has 1 amide bonds. The zero-order valence-corrected chi connectivity index (χ0v) is 17.7. The molecular weight excluding hydrogens is 394 g/mol. The Hall–Kier alpha value is -2.70. The molecule has 156 valence electrons. The van der Waals surface area contributed by atoms with Gasteiger partial charge < -0.3 is 15.8 Å². The maximum Gasteiger partial charge on any atom is 0.407 e. The van der Waals surface area contributed by atoms with Gasteiger partial charge in [0.2, 0.25) is 0 Å². The van der Waals surface area contributed by atoms with Gasteiger partial charge in [-0.25, -0.2) is 4.79 Å². The molecule has 3 atom stereocenters. The number of thiazole rings is 1. The topological polar surface area (TPSA) is 77.2 Å². The van der Waals surface area contributed by atoms with Crippen LogP contribution in [-0.4, -0.2) is 22.7 Å². The number of aromatic nitrogens is 1. The van der Waals surface area contributed by atoms with Crippen LogP contribution in [0.4, 0.5) is 4.79 Å². The van der Waals surface area contributed by atoms with E-state index in [0.717, 1.165) is 30.6 Å². The summed E-state index contributed by atoms with van der Waals surface area (Å²) in [5, 5.41) is 3.05. The number of ether oxygens (including phenoxy) is 1. The van der Waals surface area contributed by atoms with Crippen molar-refractivity contribution in [3.8, 4) is 0 Å². The highest BCUT2D eigenvalue weighted by Gasteiger charge is 2.51. The van der Waals surface area contributed by atoms with E-state index in [0.29, 0.717) is 5.92 Å². The minimum atomic E-state index is -0.397. The monoisotopic (exact) mass is 421 g/mol. The minimum Gasteiger partial charge on any atom is -0.444 e. The van der Waals surface area contributed by atoms with E-state index in [1.54, 1.807) is 11.7 Å². The maximum atomic E-state index is 12.4. The maximum absolute atomic E-state index is 12.4. The number of nitrogens with one attached hydrogen (secondary N) is 1. The lowest BCUT2D eigenvalue weighted by Gasteiger charge is -2.21. The van der Waals surface area contributed by atoms with Gasteiger partial charge >= 0.3 is 6.09 Å². The fraction of sp³-hybridized carbons (Fsp3) is 0.333. The number of nitrogens with two attached hydrogens (primary N) is 1. The third kappa shape index (κ3) is 5.46. The van der Waals surface area contributed by atoms with Gasteiger partial charge in [0.25, 0.3) is 0 Å². The van der Waals surface area contributed by atoms with Gasteiger partial charge in [-0.2, -0.15) is 0 Å². The summed E-state index contributed by atoms with van der Waals surface area (Å²) < 4.78 is 5.38. The number of alkyl carbamates (subject to hydrolysis) is 1. The summed E-state index contributed by atoms with van der Waals surface area (Å²) >= 11 is 1.47. The second kappa shape index (κ2) is 9.41. The van der Waals surface area contributed by atoms with Gasteiger partial charge in [-0.1, -0.05) is 60.7 Å². The standard InChI is InChI=1S/C24H27N3O2S/c25-24(14-22(24)19-9-5-2-6-10-19)12-11-20(13-18-7-3-1-4-8-18)27-23(28)29-16-21-15-26-17-30-21/h1-10,15,17,20,22H,11-14,16,25H2,(H,27,28)/t20-,22?,24?/m0/s1. The molecule has 3 aromatic rings. The van der Waals surface area contributed by atoms with Crippen molar-refractivity contribution in [1.82, 2.24) is 10.3 Å². The zero-order valence-electron chi connectivity index (χ0n) is 16.9. The van der Waals surface area contributed by atoms with Crippen LogP contribution in [0.5, 0.6) is 0 Å². The normalized spacial score (nSPS) is 21.0. The van der Waals surface area contributed by atoms with Crippen LogP contribution in [0, 0.1) is 0 Å². The second-order valence-electron chi connectivity index (χ2n) is 8.01. The van der Waals surface area contributed by atoms with Gasteiger partial charge in [-0.3, -0.25) is 4.98 Å². The highest BCUT2D eigenvalue weighted by molar-refractivity contribution is 7.09. The number of hydrogen-bond donors (Lipinski definition) is 2. The summed E-state index contributed by atoms with van der Waals surface area (Å²) in [4.78, 5) is 17.3. The van der Waals surface area contributed by atoms with Crippen molar-refractivity contribution in [2.45, 2.75) is 49.8 Å². The smallest absolute Gasteiger partial charge is 0.407 e. The zero-order chi connectivity index (χ0) is 20.8. The summed E-state index contributed by atoms with van der Waals surface area (Å²) in [7, 11) is 0. The van der Waals surface area contributed by atoms with Crippen LogP contribution >= 0.6 is 11.3 Å². The number of amides is 1. The summed E-state index contributed by atoms with van der Waals surface area (Å²) in [6, 6.07) is 20.6. The average molecular weight is 422 g/mol. The molecule has 2 unspecified atom stereocenters. The molecule has 4 rings (SSSR count). The largest absolute Gasteiger partial charge is 0.444 e. The molecule has 6 heteroatoms. The van der Waals surface area contributed by atoms with E-state index in [1.165, 1.54) is 22.5 Å². The molecule has 0 spiro atoms. The third-order valence-electron chi connectivity index (χ3n) is 5.75. The summed E-state index contributed by atoms with van der Waals surface area (Å²) in [5.74, 6) is 0.398. The quantitative estimate of drug-likeness (QED) is 0.527. The predicted octanol–water partition coefficient (Wildman–Crippen LogP) is 4.65. The molecule has 0 saturated heterocycles. The number of nitrogens with zero attached hydrogens (tertiary/aromatic N) is 1. The van der Waals surface area contributed by atoms with Gasteiger partial charge in [0.15, 0.2) is 0 Å². The number of carbonyl (C=O) groups excluding carboxylic acids is 1. The lowest BCUT2D eigenvalue weighted by molar-refractivity contribution is 0.135. The number of rotatable bonds is 9. The van der Waals surface area contributed by atoms with E-state index in [2.05, 4.69) is 46.7 Å². The van der Waals surface area contributed by atoms with Crippen LogP contribution in [0.3, 0.4) is 0 Å². The Bertz CT molecular complexity index is 934. The first-order valence-electron chi connectivity index (χ1n) is 10.3. The fourth-order valence-electron chi connectivity index (χ4n) is 3.96. The van der Waals surface area contributed by atoms with Crippen molar-refractivity contribution in [3.63, 3.8) is 0 Å². The van der Waals surface area contributed by atoms with Gasteiger partial charge in [0, 0.05) is 23.7 Å². The fourth-order valence-corrected chi connectivity index (χ4v) is 4.46.